The van der Waals surface area contributed by atoms with Crippen molar-refractivity contribution in [1.82, 2.24) is 15.6 Å². The van der Waals surface area contributed by atoms with Crippen LogP contribution in [0.2, 0.25) is 0 Å². The van der Waals surface area contributed by atoms with E-state index in [-0.39, 0.29) is 30.6 Å². The Labute approximate surface area is 232 Å². The Morgan fingerprint density at radius 1 is 1.23 bits per heavy atom. The van der Waals surface area contributed by atoms with Crippen LogP contribution in [0.15, 0.2) is 47.8 Å². The first-order valence-electron chi connectivity index (χ1n) is 13.0. The average Bonchev–Trinajstić information content (AvgIpc) is 3.40. The van der Waals surface area contributed by atoms with Crippen LogP contribution in [-0.2, 0) is 21.5 Å². The molecule has 0 unspecified atom stereocenters. The fourth-order valence-electron chi connectivity index (χ4n) is 5.17. The van der Waals surface area contributed by atoms with Crippen LogP contribution >= 0.6 is 11.3 Å². The van der Waals surface area contributed by atoms with E-state index in [0.717, 1.165) is 41.2 Å². The summed E-state index contributed by atoms with van der Waals surface area (Å²) in [5, 5.41) is 20.7. The van der Waals surface area contributed by atoms with Crippen molar-refractivity contribution in [3.05, 3.63) is 64.5 Å². The maximum absolute atomic E-state index is 12.8. The van der Waals surface area contributed by atoms with Gasteiger partial charge in [-0.1, -0.05) is 18.2 Å². The highest BCUT2D eigenvalue weighted by Gasteiger charge is 2.32. The molecule has 0 saturated carbocycles. The zero-order valence-electron chi connectivity index (χ0n) is 22.3. The van der Waals surface area contributed by atoms with Gasteiger partial charge in [0, 0.05) is 48.4 Å². The minimum absolute atomic E-state index is 0.168. The lowest BCUT2D eigenvalue weighted by Gasteiger charge is -2.37. The zero-order valence-corrected chi connectivity index (χ0v) is 23.1. The smallest absolute Gasteiger partial charge is 0.251 e. The average molecular weight is 545 g/mol. The number of morpholine rings is 1. The Bertz CT molecular complexity index is 1420. The second-order valence-electron chi connectivity index (χ2n) is 10.4. The van der Waals surface area contributed by atoms with Crippen LogP contribution < -0.4 is 20.9 Å². The first-order chi connectivity index (χ1) is 18.7. The molecule has 5 rings (SSSR count). The van der Waals surface area contributed by atoms with Gasteiger partial charge in [-0.25, -0.2) is 4.98 Å². The molecule has 9 nitrogen and oxygen atoms in total. The third-order valence-electron chi connectivity index (χ3n) is 7.09. The van der Waals surface area contributed by atoms with Crippen molar-refractivity contribution in [3.8, 4) is 17.3 Å². The Kier molecular flexibility index (Phi) is 7.66. The fraction of sp³-hybridized carbons (Fsp3) is 0.379. The Morgan fingerprint density at radius 3 is 2.79 bits per heavy atom. The van der Waals surface area contributed by atoms with Gasteiger partial charge in [-0.15, -0.1) is 11.3 Å². The van der Waals surface area contributed by atoms with Crippen LogP contribution in [0.1, 0.15) is 42.3 Å². The number of carbonyl (C=O) groups is 2. The third-order valence-corrected chi connectivity index (χ3v) is 7.85. The van der Waals surface area contributed by atoms with Crippen molar-refractivity contribution in [2.24, 2.45) is 0 Å². The molecule has 1 aromatic heterocycles. The standard InChI is InChI=1S/C29H32N6O3S/c1-18-13-35(14-19(2)38-18)23-6-4-5-20(9-23)25-15-39-28(33-25)34-26(36)12-32-27(37)21-7-8-22-11-31-17-29(3,16-30)24(22)10-21/h4-10,15,18-19,31H,11-14,17H2,1-3H3,(H,32,37)(H,33,34,36)/t18-,19+,29-/m0/s1. The lowest BCUT2D eigenvalue weighted by atomic mass is 9.78. The first kappa shape index (κ1) is 26.8. The van der Waals surface area contributed by atoms with Crippen molar-refractivity contribution in [2.45, 2.75) is 44.9 Å². The molecular formula is C29H32N6O3S. The Balaban J connectivity index is 1.19. The number of fused-ring (bicyclic) bond motifs is 1. The van der Waals surface area contributed by atoms with E-state index in [0.29, 0.717) is 23.8 Å². The normalized spacial score (nSPS) is 22.5. The highest BCUT2D eigenvalue weighted by molar-refractivity contribution is 7.14. The highest BCUT2D eigenvalue weighted by Crippen LogP contribution is 2.31. The molecule has 10 heteroatoms. The summed E-state index contributed by atoms with van der Waals surface area (Å²) in [6, 6.07) is 15.9. The number of rotatable bonds is 6. The molecule has 3 aromatic rings. The lowest BCUT2D eigenvalue weighted by molar-refractivity contribution is -0.115. The van der Waals surface area contributed by atoms with Crippen molar-refractivity contribution < 1.29 is 14.3 Å². The topological polar surface area (TPSA) is 119 Å². The van der Waals surface area contributed by atoms with Crippen molar-refractivity contribution in [2.75, 3.05) is 36.4 Å². The number of ether oxygens (including phenoxy) is 1. The second-order valence-corrected chi connectivity index (χ2v) is 11.3. The maximum atomic E-state index is 12.8. The molecule has 0 bridgehead atoms. The van der Waals surface area contributed by atoms with Crippen LogP contribution in [0.5, 0.6) is 0 Å². The SMILES string of the molecule is C[C@@H]1CN(c2cccc(-c3csc(NC(=O)CNC(=O)c4ccc5c(c4)[C@@](C)(C#N)CNC5)n3)c2)C[C@H](C)O1. The molecule has 2 amide bonds. The summed E-state index contributed by atoms with van der Waals surface area (Å²) in [6.45, 7) is 8.67. The molecule has 3 atom stereocenters. The van der Waals surface area contributed by atoms with Gasteiger partial charge in [-0.3, -0.25) is 9.59 Å². The third kappa shape index (κ3) is 5.96. The first-order valence-corrected chi connectivity index (χ1v) is 13.9. The summed E-state index contributed by atoms with van der Waals surface area (Å²) in [7, 11) is 0. The van der Waals surface area contributed by atoms with E-state index in [2.05, 4.69) is 57.9 Å². The van der Waals surface area contributed by atoms with Crippen LogP contribution in [-0.4, -0.2) is 55.2 Å². The van der Waals surface area contributed by atoms with Gasteiger partial charge in [0.2, 0.25) is 5.91 Å². The van der Waals surface area contributed by atoms with E-state index in [4.69, 9.17) is 4.74 Å². The molecule has 2 aliphatic rings. The maximum Gasteiger partial charge on any atom is 0.251 e. The van der Waals surface area contributed by atoms with E-state index >= 15 is 0 Å². The van der Waals surface area contributed by atoms with E-state index in [1.165, 1.54) is 11.3 Å². The molecule has 0 radical (unpaired) electrons. The highest BCUT2D eigenvalue weighted by atomic mass is 32.1. The van der Waals surface area contributed by atoms with E-state index < -0.39 is 5.41 Å². The largest absolute Gasteiger partial charge is 0.372 e. The second kappa shape index (κ2) is 11.1. The van der Waals surface area contributed by atoms with Crippen molar-refractivity contribution in [1.29, 1.82) is 5.26 Å². The Hall–Kier alpha value is -3.78. The number of hydrogen-bond acceptors (Lipinski definition) is 8. The van der Waals surface area contributed by atoms with Gasteiger partial charge in [-0.05, 0) is 56.2 Å². The van der Waals surface area contributed by atoms with E-state index in [1.807, 2.05) is 30.5 Å². The number of nitriles is 1. The number of carbonyl (C=O) groups excluding carboxylic acids is 2. The van der Waals surface area contributed by atoms with Gasteiger partial charge in [0.25, 0.3) is 5.91 Å². The van der Waals surface area contributed by atoms with E-state index in [1.54, 1.807) is 12.1 Å². The number of nitrogens with one attached hydrogen (secondary N) is 3. The fourth-order valence-corrected chi connectivity index (χ4v) is 5.90. The molecular weight excluding hydrogens is 512 g/mol. The van der Waals surface area contributed by atoms with Crippen molar-refractivity contribution in [3.63, 3.8) is 0 Å². The number of anilines is 2. The summed E-state index contributed by atoms with van der Waals surface area (Å²) >= 11 is 1.34. The van der Waals surface area contributed by atoms with Gasteiger partial charge >= 0.3 is 0 Å². The van der Waals surface area contributed by atoms with Gasteiger partial charge in [0.05, 0.1) is 35.9 Å². The predicted octanol–water partition coefficient (Wildman–Crippen LogP) is 3.68. The van der Waals surface area contributed by atoms with Gasteiger partial charge < -0.3 is 25.6 Å². The zero-order chi connectivity index (χ0) is 27.6. The summed E-state index contributed by atoms with van der Waals surface area (Å²) < 4.78 is 5.86. The molecule has 39 heavy (non-hydrogen) atoms. The molecule has 3 N–H and O–H groups in total. The number of aromatic nitrogens is 1. The number of amides is 2. The molecule has 1 fully saturated rings. The molecule has 0 spiro atoms. The summed E-state index contributed by atoms with van der Waals surface area (Å²) in [5.41, 5.74) is 4.42. The van der Waals surface area contributed by atoms with Crippen LogP contribution in [0.3, 0.4) is 0 Å². The molecule has 3 heterocycles. The van der Waals surface area contributed by atoms with Crippen molar-refractivity contribution >= 4 is 34.0 Å². The Morgan fingerprint density at radius 2 is 2.03 bits per heavy atom. The minimum Gasteiger partial charge on any atom is -0.372 e. The van der Waals surface area contributed by atoms with Crippen LogP contribution in [0.25, 0.3) is 11.3 Å². The van der Waals surface area contributed by atoms with Gasteiger partial charge in [-0.2, -0.15) is 5.26 Å². The lowest BCUT2D eigenvalue weighted by Crippen LogP contribution is -2.45. The molecule has 2 aromatic carbocycles. The van der Waals surface area contributed by atoms with E-state index in [9.17, 15) is 14.9 Å². The molecule has 0 aliphatic carbocycles. The number of nitrogens with zero attached hydrogens (tertiary/aromatic N) is 3. The summed E-state index contributed by atoms with van der Waals surface area (Å²) in [5.74, 6) is -0.728. The minimum atomic E-state index is -0.706. The number of thiazole rings is 1. The number of benzene rings is 2. The van der Waals surface area contributed by atoms with Crippen LogP contribution in [0, 0.1) is 11.3 Å². The van der Waals surface area contributed by atoms with Crippen LogP contribution in [0.4, 0.5) is 10.8 Å². The monoisotopic (exact) mass is 544 g/mol. The molecule has 1 saturated heterocycles. The predicted molar refractivity (Wildman–Crippen MR) is 152 cm³/mol. The molecule has 2 aliphatic heterocycles. The summed E-state index contributed by atoms with van der Waals surface area (Å²) in [4.78, 5) is 32.2. The molecule has 202 valence electrons. The quantitative estimate of drug-likeness (QED) is 0.433. The summed E-state index contributed by atoms with van der Waals surface area (Å²) in [6.07, 6.45) is 0.336. The van der Waals surface area contributed by atoms with Gasteiger partial charge in [0.1, 0.15) is 0 Å². The van der Waals surface area contributed by atoms with Gasteiger partial charge in [0.15, 0.2) is 5.13 Å². The number of hydrogen-bond donors (Lipinski definition) is 3.